The Kier molecular flexibility index (Phi) is 3.11. The van der Waals surface area contributed by atoms with E-state index in [-0.39, 0.29) is 0 Å². The molecule has 0 bridgehead atoms. The van der Waals surface area contributed by atoms with Crippen molar-refractivity contribution in [2.45, 2.75) is 19.8 Å². The van der Waals surface area contributed by atoms with Crippen LogP contribution in [-0.4, -0.2) is 4.98 Å². The molecule has 0 saturated heterocycles. The van der Waals surface area contributed by atoms with Crippen LogP contribution in [0.4, 0.5) is 5.82 Å². The monoisotopic (exact) mass is 262 g/mol. The maximum atomic E-state index is 4.37. The van der Waals surface area contributed by atoms with E-state index in [0.29, 0.717) is 5.92 Å². The zero-order chi connectivity index (χ0) is 8.27. The lowest BCUT2D eigenvalue weighted by Crippen LogP contribution is -1.93. The zero-order valence-corrected chi connectivity index (χ0v) is 8.79. The summed E-state index contributed by atoms with van der Waals surface area (Å²) >= 11 is 2.08. The van der Waals surface area contributed by atoms with Crippen LogP contribution in [0.25, 0.3) is 0 Å². The van der Waals surface area contributed by atoms with Gasteiger partial charge in [0.05, 0.1) is 22.9 Å². The van der Waals surface area contributed by atoms with Crippen LogP contribution < -0.4 is 3.53 Å². The average Bonchev–Trinajstić information content (AvgIpc) is 2.05. The van der Waals surface area contributed by atoms with Gasteiger partial charge in [-0.15, -0.1) is 0 Å². The number of rotatable bonds is 2. The normalized spacial score (nSPS) is 10.2. The molecule has 1 rings (SSSR count). The quantitative estimate of drug-likeness (QED) is 0.654. The summed E-state index contributed by atoms with van der Waals surface area (Å²) in [4.78, 5) is 4.37. The van der Waals surface area contributed by atoms with Gasteiger partial charge in [-0.1, -0.05) is 19.9 Å². The summed E-state index contributed by atoms with van der Waals surface area (Å²) in [6, 6.07) is 6.02. The molecule has 0 aliphatic heterocycles. The molecule has 1 aromatic rings. The van der Waals surface area contributed by atoms with Crippen molar-refractivity contribution in [1.82, 2.24) is 4.98 Å². The van der Waals surface area contributed by atoms with E-state index in [2.05, 4.69) is 45.2 Å². The van der Waals surface area contributed by atoms with Crippen molar-refractivity contribution < 1.29 is 0 Å². The van der Waals surface area contributed by atoms with Gasteiger partial charge in [0.1, 0.15) is 5.82 Å². The minimum atomic E-state index is 0.500. The fourth-order valence-electron chi connectivity index (χ4n) is 0.826. The Hall–Kier alpha value is -0.320. The minimum absolute atomic E-state index is 0.500. The SMILES string of the molecule is CC(C)c1cccc(NI)n1. The largest absolute Gasteiger partial charge is 0.313 e. The summed E-state index contributed by atoms with van der Waals surface area (Å²) in [5.74, 6) is 1.43. The van der Waals surface area contributed by atoms with Crippen molar-refractivity contribution in [2.75, 3.05) is 3.53 Å². The van der Waals surface area contributed by atoms with Crippen LogP contribution in [0.5, 0.6) is 0 Å². The highest BCUT2D eigenvalue weighted by Gasteiger charge is 1.99. The van der Waals surface area contributed by atoms with E-state index >= 15 is 0 Å². The van der Waals surface area contributed by atoms with Gasteiger partial charge in [-0.25, -0.2) is 4.98 Å². The molecule has 1 aromatic heterocycles. The van der Waals surface area contributed by atoms with Gasteiger partial charge in [0.15, 0.2) is 0 Å². The molecule has 3 heteroatoms. The fraction of sp³-hybridized carbons (Fsp3) is 0.375. The van der Waals surface area contributed by atoms with E-state index in [1.807, 2.05) is 18.2 Å². The number of nitrogens with one attached hydrogen (secondary N) is 1. The molecule has 2 nitrogen and oxygen atoms in total. The van der Waals surface area contributed by atoms with Crippen molar-refractivity contribution in [3.8, 4) is 0 Å². The van der Waals surface area contributed by atoms with Crippen molar-refractivity contribution in [3.63, 3.8) is 0 Å². The van der Waals surface area contributed by atoms with Crippen LogP contribution >= 0.6 is 22.9 Å². The van der Waals surface area contributed by atoms with Crippen molar-refractivity contribution in [2.24, 2.45) is 0 Å². The third-order valence-corrected chi connectivity index (χ3v) is 2.01. The fourth-order valence-corrected chi connectivity index (χ4v) is 1.13. The lowest BCUT2D eigenvalue weighted by molar-refractivity contribution is 0.825. The van der Waals surface area contributed by atoms with E-state index in [4.69, 9.17) is 0 Å². The highest BCUT2D eigenvalue weighted by atomic mass is 127. The molecule has 0 spiro atoms. The molecule has 1 heterocycles. The number of anilines is 1. The predicted octanol–water partition coefficient (Wildman–Crippen LogP) is 2.97. The molecular formula is C8H11IN2. The predicted molar refractivity (Wildman–Crippen MR) is 56.0 cm³/mol. The highest BCUT2D eigenvalue weighted by molar-refractivity contribution is 14.1. The molecule has 0 aliphatic carbocycles. The second-order valence-electron chi connectivity index (χ2n) is 2.70. The first-order chi connectivity index (χ1) is 5.24. The molecule has 1 N–H and O–H groups in total. The molecule has 0 fully saturated rings. The van der Waals surface area contributed by atoms with Crippen molar-refractivity contribution >= 4 is 28.7 Å². The van der Waals surface area contributed by atoms with Crippen LogP contribution in [-0.2, 0) is 0 Å². The number of hydrogen-bond acceptors (Lipinski definition) is 2. The summed E-state index contributed by atoms with van der Waals surface area (Å²) in [6.07, 6.45) is 0. The second-order valence-corrected chi connectivity index (χ2v) is 3.24. The summed E-state index contributed by atoms with van der Waals surface area (Å²) in [5, 5.41) is 0. The summed E-state index contributed by atoms with van der Waals surface area (Å²) < 4.78 is 2.98. The second kappa shape index (κ2) is 3.90. The maximum Gasteiger partial charge on any atom is 0.134 e. The van der Waals surface area contributed by atoms with E-state index < -0.39 is 0 Å². The molecule has 0 aromatic carbocycles. The molecule has 0 atom stereocenters. The molecule has 0 unspecified atom stereocenters. The third kappa shape index (κ3) is 2.32. The van der Waals surface area contributed by atoms with Crippen LogP contribution in [0.1, 0.15) is 25.5 Å². The van der Waals surface area contributed by atoms with E-state index in [9.17, 15) is 0 Å². The van der Waals surface area contributed by atoms with Gasteiger partial charge < -0.3 is 3.53 Å². The standard InChI is InChI=1S/C8H11IN2/c1-6(2)7-4-3-5-8(10-7)11-9/h3-6H,1-2H3,(H,10,11). The Morgan fingerprint density at radius 1 is 1.45 bits per heavy atom. The number of hydrogen-bond donors (Lipinski definition) is 1. The van der Waals surface area contributed by atoms with Crippen LogP contribution in [0.15, 0.2) is 18.2 Å². The first-order valence-corrected chi connectivity index (χ1v) is 4.65. The molecule has 11 heavy (non-hydrogen) atoms. The van der Waals surface area contributed by atoms with Gasteiger partial charge in [0.2, 0.25) is 0 Å². The maximum absolute atomic E-state index is 4.37. The lowest BCUT2D eigenvalue weighted by atomic mass is 10.1. The van der Waals surface area contributed by atoms with Gasteiger partial charge in [0.25, 0.3) is 0 Å². The lowest BCUT2D eigenvalue weighted by Gasteiger charge is -2.04. The molecule has 0 amide bonds. The van der Waals surface area contributed by atoms with Crippen molar-refractivity contribution in [1.29, 1.82) is 0 Å². The number of halogens is 1. The number of pyridine rings is 1. The average molecular weight is 262 g/mol. The number of aromatic nitrogens is 1. The summed E-state index contributed by atoms with van der Waals surface area (Å²) in [7, 11) is 0. The topological polar surface area (TPSA) is 24.9 Å². The Balaban J connectivity index is 2.91. The minimum Gasteiger partial charge on any atom is -0.313 e. The van der Waals surface area contributed by atoms with E-state index in [1.165, 1.54) is 0 Å². The molecular weight excluding hydrogens is 251 g/mol. The molecule has 0 aliphatic rings. The summed E-state index contributed by atoms with van der Waals surface area (Å²) in [6.45, 7) is 4.28. The van der Waals surface area contributed by atoms with E-state index in [0.717, 1.165) is 11.5 Å². The molecule has 0 saturated carbocycles. The Morgan fingerprint density at radius 2 is 2.18 bits per heavy atom. The van der Waals surface area contributed by atoms with Gasteiger partial charge in [0, 0.05) is 5.69 Å². The Labute approximate surface area is 80.9 Å². The third-order valence-electron chi connectivity index (χ3n) is 1.46. The van der Waals surface area contributed by atoms with E-state index in [1.54, 1.807) is 0 Å². The zero-order valence-electron chi connectivity index (χ0n) is 6.63. The van der Waals surface area contributed by atoms with Gasteiger partial charge in [-0.2, -0.15) is 0 Å². The van der Waals surface area contributed by atoms with Crippen LogP contribution in [0, 0.1) is 0 Å². The Morgan fingerprint density at radius 3 is 2.73 bits per heavy atom. The molecule has 60 valence electrons. The van der Waals surface area contributed by atoms with Crippen LogP contribution in [0.2, 0.25) is 0 Å². The van der Waals surface area contributed by atoms with Gasteiger partial charge >= 0.3 is 0 Å². The molecule has 0 radical (unpaired) electrons. The van der Waals surface area contributed by atoms with Gasteiger partial charge in [-0.05, 0) is 18.1 Å². The smallest absolute Gasteiger partial charge is 0.134 e. The summed E-state index contributed by atoms with van der Waals surface area (Å²) in [5.41, 5.74) is 1.13. The Bertz CT molecular complexity index is 235. The first-order valence-electron chi connectivity index (χ1n) is 3.57. The van der Waals surface area contributed by atoms with Crippen LogP contribution in [0.3, 0.4) is 0 Å². The number of nitrogens with zero attached hydrogens (tertiary/aromatic N) is 1. The highest BCUT2D eigenvalue weighted by Crippen LogP contribution is 2.14. The first kappa shape index (κ1) is 8.77. The van der Waals surface area contributed by atoms with Crippen molar-refractivity contribution in [3.05, 3.63) is 23.9 Å². The van der Waals surface area contributed by atoms with Gasteiger partial charge in [-0.3, -0.25) is 0 Å².